The van der Waals surface area contributed by atoms with Crippen LogP contribution < -0.4 is 5.32 Å². The average Bonchev–Trinajstić information content (AvgIpc) is 3.07. The highest BCUT2D eigenvalue weighted by Gasteiger charge is 2.08. The summed E-state index contributed by atoms with van der Waals surface area (Å²) in [5, 5.41) is 14.6. The molecule has 0 bridgehead atoms. The maximum absolute atomic E-state index is 4.56. The molecule has 6 heteroatoms. The molecule has 3 aromatic heterocycles. The number of unbranched alkanes of at least 4 members (excludes halogenated alkanes) is 1. The standard InChI is InChI=1S/C13H16N6/c1-2-3-6-14-12-4-5-13-15-9-11(19(13)18-12)10-7-16-17-8-10/h4-5,7-9H,2-3,6H2,1H3,(H,14,18)(H,16,17). The van der Waals surface area contributed by atoms with Crippen LogP contribution in [0.25, 0.3) is 16.9 Å². The maximum Gasteiger partial charge on any atom is 0.154 e. The second-order valence-electron chi connectivity index (χ2n) is 4.40. The highest BCUT2D eigenvalue weighted by Crippen LogP contribution is 2.19. The fourth-order valence-electron chi connectivity index (χ4n) is 1.95. The number of anilines is 1. The molecule has 0 aliphatic heterocycles. The predicted octanol–water partition coefficient (Wildman–Crippen LogP) is 2.33. The Morgan fingerprint density at radius 1 is 1.32 bits per heavy atom. The van der Waals surface area contributed by atoms with Crippen molar-refractivity contribution >= 4 is 11.5 Å². The molecule has 0 radical (unpaired) electrons. The van der Waals surface area contributed by atoms with Crippen LogP contribution in [0.2, 0.25) is 0 Å². The lowest BCUT2D eigenvalue weighted by molar-refractivity contribution is 0.823. The van der Waals surface area contributed by atoms with Crippen molar-refractivity contribution in [2.75, 3.05) is 11.9 Å². The van der Waals surface area contributed by atoms with Gasteiger partial charge in [0.15, 0.2) is 5.65 Å². The van der Waals surface area contributed by atoms with Gasteiger partial charge >= 0.3 is 0 Å². The summed E-state index contributed by atoms with van der Waals surface area (Å²) in [6.45, 7) is 3.11. The monoisotopic (exact) mass is 256 g/mol. The molecule has 3 heterocycles. The van der Waals surface area contributed by atoms with Crippen molar-refractivity contribution in [3.05, 3.63) is 30.7 Å². The Morgan fingerprint density at radius 3 is 3.05 bits per heavy atom. The number of hydrogen-bond acceptors (Lipinski definition) is 4. The summed E-state index contributed by atoms with van der Waals surface area (Å²) >= 11 is 0. The second-order valence-corrected chi connectivity index (χ2v) is 4.40. The van der Waals surface area contributed by atoms with Gasteiger partial charge < -0.3 is 5.32 Å². The van der Waals surface area contributed by atoms with E-state index in [4.69, 9.17) is 0 Å². The number of nitrogens with one attached hydrogen (secondary N) is 2. The molecule has 2 N–H and O–H groups in total. The van der Waals surface area contributed by atoms with Crippen molar-refractivity contribution < 1.29 is 0 Å². The summed E-state index contributed by atoms with van der Waals surface area (Å²) in [5.74, 6) is 0.865. The molecule has 0 aromatic carbocycles. The summed E-state index contributed by atoms with van der Waals surface area (Å²) < 4.78 is 1.83. The normalized spacial score (nSPS) is 11.0. The Kier molecular flexibility index (Phi) is 3.14. The SMILES string of the molecule is CCCCNc1ccc2ncc(-c3cn[nH]c3)n2n1. The van der Waals surface area contributed by atoms with E-state index < -0.39 is 0 Å². The van der Waals surface area contributed by atoms with Gasteiger partial charge in [0.05, 0.1) is 18.1 Å². The summed E-state index contributed by atoms with van der Waals surface area (Å²) in [6, 6.07) is 3.92. The van der Waals surface area contributed by atoms with Crippen LogP contribution in [0.3, 0.4) is 0 Å². The third kappa shape index (κ3) is 2.29. The summed E-state index contributed by atoms with van der Waals surface area (Å²) in [5.41, 5.74) is 2.74. The van der Waals surface area contributed by atoms with Gasteiger partial charge in [-0.15, -0.1) is 5.10 Å². The first-order valence-corrected chi connectivity index (χ1v) is 6.46. The van der Waals surface area contributed by atoms with Gasteiger partial charge in [0.1, 0.15) is 5.82 Å². The topological polar surface area (TPSA) is 70.9 Å². The van der Waals surface area contributed by atoms with Crippen molar-refractivity contribution in [1.82, 2.24) is 24.8 Å². The van der Waals surface area contributed by atoms with Crippen LogP contribution in [0.1, 0.15) is 19.8 Å². The highest BCUT2D eigenvalue weighted by atomic mass is 15.3. The van der Waals surface area contributed by atoms with E-state index in [9.17, 15) is 0 Å². The smallest absolute Gasteiger partial charge is 0.154 e. The fraction of sp³-hybridized carbons (Fsp3) is 0.308. The van der Waals surface area contributed by atoms with Crippen LogP contribution in [0.4, 0.5) is 5.82 Å². The predicted molar refractivity (Wildman–Crippen MR) is 74.0 cm³/mol. The molecule has 98 valence electrons. The van der Waals surface area contributed by atoms with E-state index in [1.807, 2.05) is 29.0 Å². The first kappa shape index (κ1) is 11.7. The Bertz CT molecular complexity index is 655. The van der Waals surface area contributed by atoms with E-state index in [1.54, 1.807) is 6.20 Å². The highest BCUT2D eigenvalue weighted by molar-refractivity contribution is 5.62. The van der Waals surface area contributed by atoms with Crippen LogP contribution >= 0.6 is 0 Å². The molecule has 19 heavy (non-hydrogen) atoms. The van der Waals surface area contributed by atoms with Crippen molar-refractivity contribution in [3.8, 4) is 11.3 Å². The molecule has 0 saturated heterocycles. The Morgan fingerprint density at radius 2 is 2.26 bits per heavy atom. The minimum atomic E-state index is 0.831. The fourth-order valence-corrected chi connectivity index (χ4v) is 1.95. The number of aromatic nitrogens is 5. The zero-order valence-corrected chi connectivity index (χ0v) is 10.8. The lowest BCUT2D eigenvalue weighted by atomic mass is 10.3. The number of H-pyrrole nitrogens is 1. The van der Waals surface area contributed by atoms with E-state index in [2.05, 4.69) is 32.5 Å². The van der Waals surface area contributed by atoms with E-state index in [0.717, 1.165) is 35.7 Å². The van der Waals surface area contributed by atoms with Gasteiger partial charge in [0.2, 0.25) is 0 Å². The molecular weight excluding hydrogens is 240 g/mol. The summed E-state index contributed by atoms with van der Waals surface area (Å²) in [4.78, 5) is 4.34. The average molecular weight is 256 g/mol. The lowest BCUT2D eigenvalue weighted by Gasteiger charge is -2.05. The molecule has 0 unspecified atom stereocenters. The number of rotatable bonds is 5. The zero-order valence-electron chi connectivity index (χ0n) is 10.8. The molecule has 6 nitrogen and oxygen atoms in total. The number of fused-ring (bicyclic) bond motifs is 1. The first-order chi connectivity index (χ1) is 9.38. The van der Waals surface area contributed by atoms with Gasteiger partial charge in [-0.05, 0) is 18.6 Å². The largest absolute Gasteiger partial charge is 0.369 e. The van der Waals surface area contributed by atoms with Crippen molar-refractivity contribution in [2.24, 2.45) is 0 Å². The molecule has 0 atom stereocenters. The van der Waals surface area contributed by atoms with Gasteiger partial charge in [0.25, 0.3) is 0 Å². The van der Waals surface area contributed by atoms with Crippen LogP contribution in [0.15, 0.2) is 30.7 Å². The van der Waals surface area contributed by atoms with Gasteiger partial charge in [-0.3, -0.25) is 5.10 Å². The molecule has 0 saturated carbocycles. The molecule has 0 amide bonds. The molecule has 0 fully saturated rings. The molecule has 0 aliphatic carbocycles. The van der Waals surface area contributed by atoms with E-state index in [1.165, 1.54) is 6.42 Å². The van der Waals surface area contributed by atoms with Crippen molar-refractivity contribution in [1.29, 1.82) is 0 Å². The van der Waals surface area contributed by atoms with Gasteiger partial charge in [0, 0.05) is 18.3 Å². The van der Waals surface area contributed by atoms with E-state index in [-0.39, 0.29) is 0 Å². The Hall–Kier alpha value is -2.37. The minimum Gasteiger partial charge on any atom is -0.369 e. The van der Waals surface area contributed by atoms with E-state index >= 15 is 0 Å². The van der Waals surface area contributed by atoms with Crippen LogP contribution in [-0.4, -0.2) is 31.3 Å². The molecule has 0 aliphatic rings. The second kappa shape index (κ2) is 5.09. The van der Waals surface area contributed by atoms with Gasteiger partial charge in [-0.25, -0.2) is 9.50 Å². The molecule has 3 rings (SSSR count). The molecule has 0 spiro atoms. The van der Waals surface area contributed by atoms with Crippen molar-refractivity contribution in [3.63, 3.8) is 0 Å². The third-order valence-corrected chi connectivity index (χ3v) is 2.99. The zero-order chi connectivity index (χ0) is 13.1. The molecule has 3 aromatic rings. The van der Waals surface area contributed by atoms with Crippen LogP contribution in [-0.2, 0) is 0 Å². The summed E-state index contributed by atoms with van der Waals surface area (Å²) in [7, 11) is 0. The number of imidazole rings is 1. The minimum absolute atomic E-state index is 0.831. The lowest BCUT2D eigenvalue weighted by Crippen LogP contribution is -2.05. The van der Waals surface area contributed by atoms with Crippen molar-refractivity contribution in [2.45, 2.75) is 19.8 Å². The number of nitrogens with zero attached hydrogens (tertiary/aromatic N) is 4. The van der Waals surface area contributed by atoms with E-state index in [0.29, 0.717) is 0 Å². The van der Waals surface area contributed by atoms with Gasteiger partial charge in [-0.1, -0.05) is 13.3 Å². The van der Waals surface area contributed by atoms with Gasteiger partial charge in [-0.2, -0.15) is 5.10 Å². The number of hydrogen-bond donors (Lipinski definition) is 2. The van der Waals surface area contributed by atoms with Crippen LogP contribution in [0, 0.1) is 0 Å². The third-order valence-electron chi connectivity index (χ3n) is 2.99. The Labute approximate surface area is 110 Å². The summed E-state index contributed by atoms with van der Waals surface area (Å²) in [6.07, 6.45) is 7.71. The first-order valence-electron chi connectivity index (χ1n) is 6.46. The number of aromatic amines is 1. The Balaban J connectivity index is 1.94. The van der Waals surface area contributed by atoms with Crippen LogP contribution in [0.5, 0.6) is 0 Å². The quantitative estimate of drug-likeness (QED) is 0.687. The molecular formula is C13H16N6. The maximum atomic E-state index is 4.56.